The van der Waals surface area contributed by atoms with Crippen molar-refractivity contribution >= 4 is 16.9 Å². The first-order valence-electron chi connectivity index (χ1n) is 7.60. The van der Waals surface area contributed by atoms with Crippen molar-refractivity contribution in [1.29, 1.82) is 0 Å². The molecule has 1 unspecified atom stereocenters. The summed E-state index contributed by atoms with van der Waals surface area (Å²) in [5.74, 6) is 1.31. The summed E-state index contributed by atoms with van der Waals surface area (Å²) in [4.78, 5) is 18.0. The zero-order valence-electron chi connectivity index (χ0n) is 12.7. The van der Waals surface area contributed by atoms with Gasteiger partial charge in [-0.2, -0.15) is 0 Å². The van der Waals surface area contributed by atoms with Crippen molar-refractivity contribution < 1.29 is 4.79 Å². The predicted octanol–water partition coefficient (Wildman–Crippen LogP) is 1.77. The topological polar surface area (TPSA) is 50.2 Å². The molecule has 1 atom stereocenters. The van der Waals surface area contributed by atoms with E-state index in [4.69, 9.17) is 4.98 Å². The quantitative estimate of drug-likeness (QED) is 0.932. The highest BCUT2D eigenvalue weighted by atomic mass is 16.2. The maximum Gasteiger partial charge on any atom is 0.222 e. The Hall–Kier alpha value is -1.88. The van der Waals surface area contributed by atoms with Crippen molar-refractivity contribution in [3.05, 3.63) is 30.1 Å². The molecular weight excluding hydrogens is 264 g/mol. The third-order valence-electron chi connectivity index (χ3n) is 4.23. The maximum absolute atomic E-state index is 11.5. The number of likely N-dealkylation sites (tertiary alicyclic amines) is 1. The van der Waals surface area contributed by atoms with E-state index in [1.807, 2.05) is 18.0 Å². The van der Waals surface area contributed by atoms with Gasteiger partial charge in [-0.05, 0) is 25.5 Å². The second-order valence-electron chi connectivity index (χ2n) is 5.65. The van der Waals surface area contributed by atoms with Crippen molar-refractivity contribution in [2.75, 3.05) is 13.6 Å². The van der Waals surface area contributed by atoms with Crippen LogP contribution >= 0.6 is 0 Å². The molecule has 1 aliphatic heterocycles. The van der Waals surface area contributed by atoms with Crippen LogP contribution in [-0.4, -0.2) is 40.0 Å². The van der Waals surface area contributed by atoms with Crippen LogP contribution in [0.3, 0.4) is 0 Å². The molecular formula is C16H22N4O. The summed E-state index contributed by atoms with van der Waals surface area (Å²) in [6.45, 7) is 4.59. The molecule has 1 saturated heterocycles. The van der Waals surface area contributed by atoms with Crippen molar-refractivity contribution in [2.45, 2.75) is 38.9 Å². The molecule has 5 heteroatoms. The molecule has 1 aromatic heterocycles. The molecule has 0 aliphatic carbocycles. The molecule has 0 bridgehead atoms. The van der Waals surface area contributed by atoms with Crippen molar-refractivity contribution in [3.63, 3.8) is 0 Å². The van der Waals surface area contributed by atoms with Crippen LogP contribution in [0.4, 0.5) is 0 Å². The number of hydrogen-bond donors (Lipinski definition) is 1. The summed E-state index contributed by atoms with van der Waals surface area (Å²) < 4.78 is 2.25. The van der Waals surface area contributed by atoms with Crippen LogP contribution in [0.1, 0.15) is 25.6 Å². The monoisotopic (exact) mass is 286 g/mol. The number of likely N-dealkylation sites (N-methyl/N-ethyl adjacent to an activating group) is 1. The summed E-state index contributed by atoms with van der Waals surface area (Å²) in [7, 11) is 1.87. The van der Waals surface area contributed by atoms with Gasteiger partial charge in [-0.3, -0.25) is 4.79 Å². The number of aromatic nitrogens is 2. The molecule has 1 aliphatic rings. The van der Waals surface area contributed by atoms with Gasteiger partial charge in [-0.1, -0.05) is 12.1 Å². The van der Waals surface area contributed by atoms with Gasteiger partial charge in [0.1, 0.15) is 5.82 Å². The molecule has 112 valence electrons. The Balaban J connectivity index is 1.72. The Morgan fingerprint density at radius 3 is 2.95 bits per heavy atom. The van der Waals surface area contributed by atoms with E-state index in [0.717, 1.165) is 37.4 Å². The lowest BCUT2D eigenvalue weighted by Crippen LogP contribution is -2.46. The van der Waals surface area contributed by atoms with Crippen LogP contribution in [-0.2, 0) is 17.9 Å². The number of hydrogen-bond acceptors (Lipinski definition) is 3. The molecule has 5 nitrogen and oxygen atoms in total. The van der Waals surface area contributed by atoms with Crippen molar-refractivity contribution in [1.82, 2.24) is 19.8 Å². The number of benzene rings is 1. The number of aryl methyl sites for hydroxylation is 1. The first-order valence-corrected chi connectivity index (χ1v) is 7.60. The minimum Gasteiger partial charge on any atom is -0.344 e. The van der Waals surface area contributed by atoms with E-state index in [-0.39, 0.29) is 5.91 Å². The molecule has 1 fully saturated rings. The van der Waals surface area contributed by atoms with E-state index in [1.165, 1.54) is 5.52 Å². The number of piperidine rings is 1. The third-order valence-corrected chi connectivity index (χ3v) is 4.23. The molecule has 2 aromatic rings. The average molecular weight is 286 g/mol. The Bertz CT molecular complexity index is 649. The van der Waals surface area contributed by atoms with E-state index in [1.54, 1.807) is 0 Å². The fourth-order valence-corrected chi connectivity index (χ4v) is 3.03. The van der Waals surface area contributed by atoms with Gasteiger partial charge >= 0.3 is 0 Å². The van der Waals surface area contributed by atoms with E-state index < -0.39 is 0 Å². The average Bonchev–Trinajstić information content (AvgIpc) is 2.86. The lowest BCUT2D eigenvalue weighted by Gasteiger charge is -2.30. The van der Waals surface area contributed by atoms with Crippen LogP contribution in [0.25, 0.3) is 11.0 Å². The molecule has 1 aromatic carbocycles. The zero-order valence-corrected chi connectivity index (χ0v) is 12.7. The summed E-state index contributed by atoms with van der Waals surface area (Å²) in [5.41, 5.74) is 2.24. The predicted molar refractivity (Wildman–Crippen MR) is 82.9 cm³/mol. The van der Waals surface area contributed by atoms with E-state index in [9.17, 15) is 4.79 Å². The van der Waals surface area contributed by atoms with Gasteiger partial charge in [-0.15, -0.1) is 0 Å². The number of para-hydroxylation sites is 2. The van der Waals surface area contributed by atoms with Crippen LogP contribution in [0, 0.1) is 0 Å². The normalized spacial score (nSPS) is 19.4. The van der Waals surface area contributed by atoms with Crippen LogP contribution in [0.2, 0.25) is 0 Å². The number of carbonyl (C=O) groups excluding carboxylic acids is 1. The summed E-state index contributed by atoms with van der Waals surface area (Å²) in [6.07, 6.45) is 1.55. The Labute approximate surface area is 125 Å². The van der Waals surface area contributed by atoms with Gasteiger partial charge in [0.2, 0.25) is 5.91 Å². The number of nitrogens with zero attached hydrogens (tertiary/aromatic N) is 3. The Morgan fingerprint density at radius 1 is 1.38 bits per heavy atom. The second kappa shape index (κ2) is 5.85. The van der Waals surface area contributed by atoms with Crippen LogP contribution in [0.5, 0.6) is 0 Å². The minimum absolute atomic E-state index is 0.244. The van der Waals surface area contributed by atoms with Gasteiger partial charge < -0.3 is 14.8 Å². The SMILES string of the molecule is CCn1c(CNC2CCC(=O)N(C)C2)nc2ccccc21. The zero-order chi connectivity index (χ0) is 14.8. The fraction of sp³-hybridized carbons (Fsp3) is 0.500. The number of nitrogens with one attached hydrogen (secondary N) is 1. The first-order chi connectivity index (χ1) is 10.2. The highest BCUT2D eigenvalue weighted by Gasteiger charge is 2.22. The highest BCUT2D eigenvalue weighted by molar-refractivity contribution is 5.77. The smallest absolute Gasteiger partial charge is 0.222 e. The lowest BCUT2D eigenvalue weighted by atomic mass is 10.1. The van der Waals surface area contributed by atoms with Crippen LogP contribution < -0.4 is 5.32 Å². The molecule has 2 heterocycles. The largest absolute Gasteiger partial charge is 0.344 e. The van der Waals surface area contributed by atoms with Gasteiger partial charge in [0.05, 0.1) is 17.6 Å². The minimum atomic E-state index is 0.244. The highest BCUT2D eigenvalue weighted by Crippen LogP contribution is 2.16. The van der Waals surface area contributed by atoms with Crippen molar-refractivity contribution in [2.24, 2.45) is 0 Å². The van der Waals surface area contributed by atoms with E-state index >= 15 is 0 Å². The Morgan fingerprint density at radius 2 is 2.19 bits per heavy atom. The second-order valence-corrected chi connectivity index (χ2v) is 5.65. The molecule has 3 rings (SSSR count). The van der Waals surface area contributed by atoms with E-state index in [2.05, 4.69) is 35.0 Å². The van der Waals surface area contributed by atoms with Gasteiger partial charge in [-0.25, -0.2) is 4.98 Å². The van der Waals surface area contributed by atoms with Gasteiger partial charge in [0.15, 0.2) is 0 Å². The first kappa shape index (κ1) is 14.1. The molecule has 0 saturated carbocycles. The standard InChI is InChI=1S/C16H22N4O/c1-3-20-14-7-5-4-6-13(14)18-15(20)10-17-12-8-9-16(21)19(2)11-12/h4-7,12,17H,3,8-11H2,1-2H3. The lowest BCUT2D eigenvalue weighted by molar-refractivity contribution is -0.132. The number of imidazole rings is 1. The summed E-state index contributed by atoms with van der Waals surface area (Å²) in [6, 6.07) is 8.60. The fourth-order valence-electron chi connectivity index (χ4n) is 3.03. The number of fused-ring (bicyclic) bond motifs is 1. The number of rotatable bonds is 4. The van der Waals surface area contributed by atoms with Crippen LogP contribution in [0.15, 0.2) is 24.3 Å². The van der Waals surface area contributed by atoms with Gasteiger partial charge in [0, 0.05) is 32.6 Å². The summed E-state index contributed by atoms with van der Waals surface area (Å²) in [5, 5.41) is 3.55. The maximum atomic E-state index is 11.5. The Kier molecular flexibility index (Phi) is 3.92. The molecule has 0 spiro atoms. The molecule has 1 N–H and O–H groups in total. The molecule has 1 amide bonds. The third kappa shape index (κ3) is 2.78. The number of carbonyl (C=O) groups is 1. The molecule has 21 heavy (non-hydrogen) atoms. The van der Waals surface area contributed by atoms with Gasteiger partial charge in [0.25, 0.3) is 0 Å². The van der Waals surface area contributed by atoms with E-state index in [0.29, 0.717) is 12.5 Å². The number of amides is 1. The molecule has 0 radical (unpaired) electrons. The summed E-state index contributed by atoms with van der Waals surface area (Å²) >= 11 is 0. The van der Waals surface area contributed by atoms with Crippen molar-refractivity contribution in [3.8, 4) is 0 Å².